The third-order valence-corrected chi connectivity index (χ3v) is 7.90. The first-order valence-electron chi connectivity index (χ1n) is 15.0. The van der Waals surface area contributed by atoms with Crippen molar-refractivity contribution in [1.29, 1.82) is 0 Å². The molecule has 236 valence electrons. The largest absolute Gasteiger partial charge is 0.497 e. The summed E-state index contributed by atoms with van der Waals surface area (Å²) in [6, 6.07) is 15.6. The van der Waals surface area contributed by atoms with Gasteiger partial charge in [0.1, 0.15) is 17.1 Å². The van der Waals surface area contributed by atoms with E-state index in [1.54, 1.807) is 19.2 Å². The Bertz CT molecular complexity index is 1510. The smallest absolute Gasteiger partial charge is 0.269 e. The van der Waals surface area contributed by atoms with Crippen LogP contribution in [0.25, 0.3) is 0 Å². The van der Waals surface area contributed by atoms with Gasteiger partial charge in [-0.25, -0.2) is 0 Å². The Morgan fingerprint density at radius 3 is 1.49 bits per heavy atom. The van der Waals surface area contributed by atoms with Gasteiger partial charge in [-0.05, 0) is 42.5 Å². The van der Waals surface area contributed by atoms with Crippen LogP contribution in [0.3, 0.4) is 0 Å². The summed E-state index contributed by atoms with van der Waals surface area (Å²) in [6.45, 7) is 7.60. The fraction of sp³-hybridized carbons (Fsp3) is 0.419. The molecule has 6 rings (SSSR count). The summed E-state index contributed by atoms with van der Waals surface area (Å²) in [5.74, 6) is 0.737. The summed E-state index contributed by atoms with van der Waals surface area (Å²) >= 11 is 0. The van der Waals surface area contributed by atoms with Crippen molar-refractivity contribution < 1.29 is 23.9 Å². The number of morpholine rings is 3. The molecule has 0 unspecified atom stereocenters. The first-order chi connectivity index (χ1) is 22.1. The van der Waals surface area contributed by atoms with E-state index in [-0.39, 0.29) is 5.69 Å². The Kier molecular flexibility index (Phi) is 9.73. The van der Waals surface area contributed by atoms with E-state index in [1.807, 2.05) is 24.3 Å². The Labute approximate surface area is 261 Å². The number of methoxy groups -OCH3 is 1. The van der Waals surface area contributed by atoms with E-state index in [0.29, 0.717) is 102 Å². The maximum atomic E-state index is 11.2. The highest BCUT2D eigenvalue weighted by Crippen LogP contribution is 2.52. The molecule has 0 atom stereocenters. The molecule has 0 radical (unpaired) electrons. The number of benzene rings is 3. The van der Waals surface area contributed by atoms with Crippen LogP contribution >= 0.6 is 0 Å². The Hall–Kier alpha value is -4.66. The summed E-state index contributed by atoms with van der Waals surface area (Å²) in [5, 5.41) is 30.2. The van der Waals surface area contributed by atoms with Gasteiger partial charge in [-0.1, -0.05) is 0 Å². The van der Waals surface area contributed by atoms with Gasteiger partial charge in [-0.15, -0.1) is 10.2 Å². The van der Waals surface area contributed by atoms with Crippen LogP contribution in [-0.4, -0.2) is 90.9 Å². The average molecular weight is 617 g/mol. The molecule has 0 N–H and O–H groups in total. The first-order valence-corrected chi connectivity index (χ1v) is 15.0. The van der Waals surface area contributed by atoms with Crippen LogP contribution in [0.15, 0.2) is 75.1 Å². The second-order valence-electron chi connectivity index (χ2n) is 10.6. The van der Waals surface area contributed by atoms with Gasteiger partial charge in [0.05, 0.1) is 80.1 Å². The molecular formula is C31H36N8O6. The second-order valence-corrected chi connectivity index (χ2v) is 10.6. The van der Waals surface area contributed by atoms with Crippen LogP contribution in [0.1, 0.15) is 0 Å². The maximum absolute atomic E-state index is 11.2. The number of nitro groups is 1. The van der Waals surface area contributed by atoms with Crippen LogP contribution in [0.4, 0.5) is 45.5 Å². The third kappa shape index (κ3) is 7.19. The standard InChI is InChI=1S/C31H36N8O6/c1-42-26-8-4-24(5-9-26)33-35-30-28(37-12-18-44-19-13-37)22-27(36-10-16-43-17-11-36)29(31(30)38-14-20-45-21-15-38)34-32-23-2-6-25(7-3-23)39(40)41/h2-9,22H,10-21H2,1H3. The number of nitro benzene ring substituents is 1. The van der Waals surface area contributed by atoms with E-state index in [4.69, 9.17) is 29.2 Å². The quantitative estimate of drug-likeness (QED) is 0.162. The van der Waals surface area contributed by atoms with Crippen LogP contribution in [-0.2, 0) is 14.2 Å². The molecule has 0 bridgehead atoms. The molecule has 0 aromatic heterocycles. The van der Waals surface area contributed by atoms with Crippen molar-refractivity contribution in [2.45, 2.75) is 0 Å². The first kappa shape index (κ1) is 30.4. The zero-order chi connectivity index (χ0) is 31.0. The lowest BCUT2D eigenvalue weighted by Crippen LogP contribution is -2.39. The number of rotatable bonds is 9. The molecule has 3 heterocycles. The zero-order valence-electron chi connectivity index (χ0n) is 25.2. The lowest BCUT2D eigenvalue weighted by Gasteiger charge is -2.37. The number of nitrogens with zero attached hydrogens (tertiary/aromatic N) is 8. The molecule has 45 heavy (non-hydrogen) atoms. The lowest BCUT2D eigenvalue weighted by molar-refractivity contribution is -0.384. The summed E-state index contributed by atoms with van der Waals surface area (Å²) in [6.07, 6.45) is 0. The molecule has 0 aliphatic carbocycles. The fourth-order valence-corrected chi connectivity index (χ4v) is 5.50. The minimum atomic E-state index is -0.432. The van der Waals surface area contributed by atoms with Crippen molar-refractivity contribution in [2.24, 2.45) is 20.5 Å². The molecular weight excluding hydrogens is 580 g/mol. The summed E-state index contributed by atoms with van der Waals surface area (Å²) in [5.41, 5.74) is 5.17. The molecule has 3 aromatic rings. The highest BCUT2D eigenvalue weighted by molar-refractivity contribution is 5.97. The monoisotopic (exact) mass is 616 g/mol. The molecule has 14 heteroatoms. The van der Waals surface area contributed by atoms with Gasteiger partial charge in [0.25, 0.3) is 5.69 Å². The average Bonchev–Trinajstić information content (AvgIpc) is 3.11. The maximum Gasteiger partial charge on any atom is 0.269 e. The summed E-state index contributed by atoms with van der Waals surface area (Å²) < 4.78 is 22.4. The minimum absolute atomic E-state index is 0.00643. The third-order valence-electron chi connectivity index (χ3n) is 7.90. The molecule has 3 saturated heterocycles. The Morgan fingerprint density at radius 1 is 0.644 bits per heavy atom. The molecule has 0 saturated carbocycles. The van der Waals surface area contributed by atoms with E-state index in [9.17, 15) is 10.1 Å². The Balaban J connectivity index is 1.54. The topological polar surface area (TPSA) is 139 Å². The van der Waals surface area contributed by atoms with Gasteiger partial charge in [0.2, 0.25) is 0 Å². The summed E-state index contributed by atoms with van der Waals surface area (Å²) in [4.78, 5) is 17.6. The molecule has 3 fully saturated rings. The molecule has 3 aromatic carbocycles. The number of hydrogen-bond donors (Lipinski definition) is 0. The van der Waals surface area contributed by atoms with Gasteiger partial charge in [0.15, 0.2) is 0 Å². The van der Waals surface area contributed by atoms with E-state index in [1.165, 1.54) is 12.1 Å². The summed E-state index contributed by atoms with van der Waals surface area (Å²) in [7, 11) is 1.63. The van der Waals surface area contributed by atoms with E-state index in [2.05, 4.69) is 31.0 Å². The number of anilines is 3. The zero-order valence-corrected chi connectivity index (χ0v) is 25.2. The van der Waals surface area contributed by atoms with Crippen molar-refractivity contribution >= 4 is 45.5 Å². The fourth-order valence-electron chi connectivity index (χ4n) is 5.50. The van der Waals surface area contributed by atoms with Crippen LogP contribution < -0.4 is 19.4 Å². The molecule has 3 aliphatic heterocycles. The van der Waals surface area contributed by atoms with E-state index < -0.39 is 4.92 Å². The number of non-ortho nitro benzene ring substituents is 1. The highest BCUT2D eigenvalue weighted by atomic mass is 16.6. The normalized spacial score (nSPS) is 17.8. The minimum Gasteiger partial charge on any atom is -0.497 e. The number of hydrogen-bond acceptors (Lipinski definition) is 13. The van der Waals surface area contributed by atoms with Crippen molar-refractivity contribution in [3.05, 3.63) is 64.7 Å². The molecule has 14 nitrogen and oxygen atoms in total. The van der Waals surface area contributed by atoms with Crippen LogP contribution in [0.5, 0.6) is 5.75 Å². The van der Waals surface area contributed by atoms with Crippen molar-refractivity contribution in [3.8, 4) is 5.75 Å². The van der Waals surface area contributed by atoms with Gasteiger partial charge < -0.3 is 33.6 Å². The lowest BCUT2D eigenvalue weighted by atomic mass is 10.1. The van der Waals surface area contributed by atoms with E-state index in [0.717, 1.165) is 22.8 Å². The van der Waals surface area contributed by atoms with Crippen LogP contribution in [0, 0.1) is 10.1 Å². The Morgan fingerprint density at radius 2 is 1.07 bits per heavy atom. The van der Waals surface area contributed by atoms with Crippen molar-refractivity contribution in [3.63, 3.8) is 0 Å². The van der Waals surface area contributed by atoms with E-state index >= 15 is 0 Å². The molecule has 0 amide bonds. The van der Waals surface area contributed by atoms with Crippen LogP contribution in [0.2, 0.25) is 0 Å². The van der Waals surface area contributed by atoms with Gasteiger partial charge in [-0.3, -0.25) is 10.1 Å². The van der Waals surface area contributed by atoms with Gasteiger partial charge in [0, 0.05) is 51.4 Å². The second kappa shape index (κ2) is 14.4. The highest BCUT2D eigenvalue weighted by Gasteiger charge is 2.30. The SMILES string of the molecule is COc1ccc(N=Nc2c(N3CCOCC3)cc(N3CCOCC3)c(N=Nc3ccc([N+](=O)[O-])cc3)c2N2CCOCC2)cc1. The predicted molar refractivity (Wildman–Crippen MR) is 170 cm³/mol. The van der Waals surface area contributed by atoms with Gasteiger partial charge >= 0.3 is 0 Å². The van der Waals surface area contributed by atoms with Gasteiger partial charge in [-0.2, -0.15) is 10.2 Å². The molecule has 3 aliphatic rings. The van der Waals surface area contributed by atoms with Crippen molar-refractivity contribution in [2.75, 3.05) is 101 Å². The number of ether oxygens (including phenoxy) is 4. The molecule has 0 spiro atoms. The number of azo groups is 2. The van der Waals surface area contributed by atoms with Crippen molar-refractivity contribution in [1.82, 2.24) is 0 Å². The predicted octanol–water partition coefficient (Wildman–Crippen LogP) is 5.94.